The average Bonchev–Trinajstić information content (AvgIpc) is 2.38. The van der Waals surface area contributed by atoms with Crippen LogP contribution in [0.4, 0.5) is 4.39 Å². The highest BCUT2D eigenvalue weighted by atomic mass is 19.1. The van der Waals surface area contributed by atoms with E-state index in [-0.39, 0.29) is 5.56 Å². The zero-order valence-corrected chi connectivity index (χ0v) is 9.26. The van der Waals surface area contributed by atoms with Crippen LogP contribution in [0.3, 0.4) is 0 Å². The Kier molecular flexibility index (Phi) is 3.19. The summed E-state index contributed by atoms with van der Waals surface area (Å²) in [7, 11) is 0. The maximum Gasteiger partial charge on any atom is 0.339 e. The second kappa shape index (κ2) is 4.79. The predicted octanol–water partition coefficient (Wildman–Crippen LogP) is 3.00. The van der Waals surface area contributed by atoms with Crippen molar-refractivity contribution in [2.45, 2.75) is 0 Å². The number of carboxylic acids is 1. The first-order valence-electron chi connectivity index (χ1n) is 5.21. The number of benzene rings is 2. The van der Waals surface area contributed by atoms with E-state index in [2.05, 4.69) is 0 Å². The molecule has 0 amide bonds. The number of halogens is 1. The zero-order valence-electron chi connectivity index (χ0n) is 9.26. The molecule has 0 saturated heterocycles. The molecule has 3 nitrogen and oxygen atoms in total. The van der Waals surface area contributed by atoms with E-state index >= 15 is 0 Å². The molecule has 0 unspecified atom stereocenters. The van der Waals surface area contributed by atoms with Gasteiger partial charge in [0.2, 0.25) is 0 Å². The van der Waals surface area contributed by atoms with Gasteiger partial charge in [-0.15, -0.1) is 0 Å². The smallest absolute Gasteiger partial charge is 0.339 e. The highest BCUT2D eigenvalue weighted by Crippen LogP contribution is 2.25. The van der Waals surface area contributed by atoms with Crippen LogP contribution in [-0.2, 0) is 0 Å². The van der Waals surface area contributed by atoms with Crippen LogP contribution >= 0.6 is 0 Å². The average molecular weight is 244 g/mol. The third kappa shape index (κ3) is 2.13. The summed E-state index contributed by atoms with van der Waals surface area (Å²) in [5, 5.41) is 9.01. The minimum absolute atomic E-state index is 0.292. The number of aldehydes is 1. The molecule has 0 atom stereocenters. The molecule has 1 N–H and O–H groups in total. The molecule has 0 radical (unpaired) electrons. The van der Waals surface area contributed by atoms with E-state index in [0.29, 0.717) is 23.0 Å². The summed E-state index contributed by atoms with van der Waals surface area (Å²) in [4.78, 5) is 21.6. The molecule has 2 rings (SSSR count). The van der Waals surface area contributed by atoms with Gasteiger partial charge in [-0.1, -0.05) is 36.4 Å². The fourth-order valence-electron chi connectivity index (χ4n) is 1.72. The number of carboxylic acid groups (broad SMARTS) is 1. The van der Waals surface area contributed by atoms with Crippen molar-refractivity contribution in [3.63, 3.8) is 0 Å². The second-order valence-electron chi connectivity index (χ2n) is 3.71. The first-order valence-corrected chi connectivity index (χ1v) is 5.21. The van der Waals surface area contributed by atoms with E-state index in [9.17, 15) is 14.0 Å². The molecule has 0 aliphatic rings. The van der Waals surface area contributed by atoms with E-state index in [1.807, 2.05) is 0 Å². The lowest BCUT2D eigenvalue weighted by Crippen LogP contribution is -2.03. The number of carbonyl (C=O) groups is 2. The Morgan fingerprint density at radius 2 is 1.78 bits per heavy atom. The van der Waals surface area contributed by atoms with Crippen LogP contribution in [0.25, 0.3) is 11.1 Å². The maximum atomic E-state index is 13.5. The molecule has 0 aliphatic heterocycles. The van der Waals surface area contributed by atoms with Crippen molar-refractivity contribution in [2.24, 2.45) is 0 Å². The van der Waals surface area contributed by atoms with E-state index in [1.54, 1.807) is 24.3 Å². The topological polar surface area (TPSA) is 54.4 Å². The molecule has 0 saturated carbocycles. The summed E-state index contributed by atoms with van der Waals surface area (Å²) in [6.45, 7) is 0. The van der Waals surface area contributed by atoms with Crippen LogP contribution in [0.1, 0.15) is 20.7 Å². The second-order valence-corrected chi connectivity index (χ2v) is 3.71. The first kappa shape index (κ1) is 12.0. The third-order valence-corrected chi connectivity index (χ3v) is 2.59. The molecule has 0 spiro atoms. The van der Waals surface area contributed by atoms with Gasteiger partial charge >= 0.3 is 5.97 Å². The Bertz CT molecular complexity index is 603. The standard InChI is InChI=1S/C14H9FO3/c15-12-3-1-2-11(13(12)14(17)18)10-6-4-9(8-16)5-7-10/h1-8H,(H,17,18). The van der Waals surface area contributed by atoms with E-state index in [0.717, 1.165) is 6.07 Å². The molecule has 0 heterocycles. The highest BCUT2D eigenvalue weighted by molar-refractivity contribution is 5.96. The van der Waals surface area contributed by atoms with Gasteiger partial charge in [-0.2, -0.15) is 0 Å². The predicted molar refractivity (Wildman–Crippen MR) is 64.2 cm³/mol. The normalized spacial score (nSPS) is 10.1. The zero-order chi connectivity index (χ0) is 13.1. The summed E-state index contributed by atoms with van der Waals surface area (Å²) in [5.41, 5.74) is 0.959. The van der Waals surface area contributed by atoms with Crippen molar-refractivity contribution >= 4 is 12.3 Å². The third-order valence-electron chi connectivity index (χ3n) is 2.59. The van der Waals surface area contributed by atoms with Crippen LogP contribution < -0.4 is 0 Å². The molecule has 0 bridgehead atoms. The van der Waals surface area contributed by atoms with Crippen LogP contribution in [-0.4, -0.2) is 17.4 Å². The summed E-state index contributed by atoms with van der Waals surface area (Å²) < 4.78 is 13.5. The minimum atomic E-state index is -1.32. The van der Waals surface area contributed by atoms with Crippen LogP contribution in [0.2, 0.25) is 0 Å². The number of carbonyl (C=O) groups excluding carboxylic acids is 1. The molecule has 2 aromatic carbocycles. The summed E-state index contributed by atoms with van der Waals surface area (Å²) >= 11 is 0. The molecular weight excluding hydrogens is 235 g/mol. The maximum absolute atomic E-state index is 13.5. The Balaban J connectivity index is 2.59. The van der Waals surface area contributed by atoms with E-state index < -0.39 is 11.8 Å². The van der Waals surface area contributed by atoms with Crippen molar-refractivity contribution in [1.29, 1.82) is 0 Å². The van der Waals surface area contributed by atoms with Gasteiger partial charge in [0.25, 0.3) is 0 Å². The molecular formula is C14H9FO3. The molecule has 0 fully saturated rings. The minimum Gasteiger partial charge on any atom is -0.478 e. The van der Waals surface area contributed by atoms with Crippen molar-refractivity contribution in [2.75, 3.05) is 0 Å². The lowest BCUT2D eigenvalue weighted by atomic mass is 9.98. The highest BCUT2D eigenvalue weighted by Gasteiger charge is 2.16. The van der Waals surface area contributed by atoms with Gasteiger partial charge < -0.3 is 5.11 Å². The van der Waals surface area contributed by atoms with Crippen molar-refractivity contribution in [3.05, 3.63) is 59.4 Å². The van der Waals surface area contributed by atoms with Gasteiger partial charge in [0.15, 0.2) is 0 Å². The fourth-order valence-corrected chi connectivity index (χ4v) is 1.72. The summed E-state index contributed by atoms with van der Waals surface area (Å²) in [5.74, 6) is -2.10. The first-order chi connectivity index (χ1) is 8.63. The quantitative estimate of drug-likeness (QED) is 0.844. The molecule has 18 heavy (non-hydrogen) atoms. The number of aromatic carboxylic acids is 1. The fraction of sp³-hybridized carbons (Fsp3) is 0. The lowest BCUT2D eigenvalue weighted by Gasteiger charge is -2.07. The van der Waals surface area contributed by atoms with Crippen LogP contribution in [0.15, 0.2) is 42.5 Å². The van der Waals surface area contributed by atoms with Gasteiger partial charge in [-0.25, -0.2) is 9.18 Å². The van der Waals surface area contributed by atoms with Crippen LogP contribution in [0.5, 0.6) is 0 Å². The monoisotopic (exact) mass is 244 g/mol. The summed E-state index contributed by atoms with van der Waals surface area (Å²) in [6.07, 6.45) is 0.688. The van der Waals surface area contributed by atoms with Crippen molar-refractivity contribution < 1.29 is 19.1 Å². The number of rotatable bonds is 3. The SMILES string of the molecule is O=Cc1ccc(-c2cccc(F)c2C(=O)O)cc1. The largest absolute Gasteiger partial charge is 0.478 e. The molecule has 0 aliphatic carbocycles. The van der Waals surface area contributed by atoms with Gasteiger partial charge in [-0.3, -0.25) is 4.79 Å². The Morgan fingerprint density at radius 1 is 1.11 bits per heavy atom. The molecule has 4 heteroatoms. The van der Waals surface area contributed by atoms with Gasteiger partial charge in [0.05, 0.1) is 0 Å². The Hall–Kier alpha value is -2.49. The van der Waals surface area contributed by atoms with Gasteiger partial charge in [0.1, 0.15) is 17.7 Å². The van der Waals surface area contributed by atoms with Crippen LogP contribution in [0, 0.1) is 5.82 Å². The number of hydrogen-bond donors (Lipinski definition) is 1. The van der Waals surface area contributed by atoms with E-state index in [4.69, 9.17) is 5.11 Å². The molecule has 0 aromatic heterocycles. The molecule has 90 valence electrons. The van der Waals surface area contributed by atoms with Gasteiger partial charge in [-0.05, 0) is 17.2 Å². The Labute approximate surface area is 103 Å². The summed E-state index contributed by atoms with van der Waals surface area (Å²) in [6, 6.07) is 10.4. The number of hydrogen-bond acceptors (Lipinski definition) is 2. The van der Waals surface area contributed by atoms with Crippen molar-refractivity contribution in [3.8, 4) is 11.1 Å². The van der Waals surface area contributed by atoms with E-state index in [1.165, 1.54) is 12.1 Å². The van der Waals surface area contributed by atoms with Gasteiger partial charge in [0, 0.05) is 5.56 Å². The molecule has 2 aromatic rings. The lowest BCUT2D eigenvalue weighted by molar-refractivity contribution is 0.0692. The Morgan fingerprint density at radius 3 is 2.33 bits per heavy atom. The van der Waals surface area contributed by atoms with Crippen molar-refractivity contribution in [1.82, 2.24) is 0 Å².